The first-order valence-corrected chi connectivity index (χ1v) is 9.75. The van der Waals surface area contributed by atoms with Gasteiger partial charge in [-0.2, -0.15) is 5.10 Å². The zero-order valence-corrected chi connectivity index (χ0v) is 17.9. The van der Waals surface area contributed by atoms with E-state index in [0.717, 1.165) is 27.5 Å². The fourth-order valence-corrected chi connectivity index (χ4v) is 3.45. The van der Waals surface area contributed by atoms with Crippen molar-refractivity contribution in [3.8, 4) is 16.9 Å². The van der Waals surface area contributed by atoms with Gasteiger partial charge in [-0.3, -0.25) is 4.68 Å². The molecule has 0 amide bonds. The third kappa shape index (κ3) is 3.66. The Balaban J connectivity index is 1.72. The molecule has 152 valence electrons. The minimum absolute atomic E-state index is 0.150. The first-order valence-electron chi connectivity index (χ1n) is 9.75. The number of ether oxygens (including phenoxy) is 2. The van der Waals surface area contributed by atoms with Gasteiger partial charge in [0.2, 0.25) is 0 Å². The first kappa shape index (κ1) is 19.9. The molecule has 1 saturated heterocycles. The number of fused-ring (bicyclic) bond motifs is 1. The van der Waals surface area contributed by atoms with Crippen molar-refractivity contribution in [2.24, 2.45) is 7.05 Å². The van der Waals surface area contributed by atoms with E-state index in [9.17, 15) is 0 Å². The number of rotatable bonds is 5. The van der Waals surface area contributed by atoms with E-state index in [4.69, 9.17) is 18.8 Å². The summed E-state index contributed by atoms with van der Waals surface area (Å²) in [6, 6.07) is 12.3. The quantitative estimate of drug-likeness (QED) is 0.490. The maximum atomic E-state index is 6.22. The van der Waals surface area contributed by atoms with E-state index in [2.05, 4.69) is 23.3 Å². The minimum Gasteiger partial charge on any atom is -0.468 e. The predicted octanol–water partition coefficient (Wildman–Crippen LogP) is 3.52. The fraction of sp³-hybridized carbons (Fsp3) is 0.409. The summed E-state index contributed by atoms with van der Waals surface area (Å²) in [7, 11) is 3.03. The standard InChI is InChI=1S/C22H27BN2O4/c1-21(2)22(3,4)29-23(28-21)18-9-7-16(12-20(18)27-14-26-6)15-8-10-19-17(11-15)13-25(5)24-19/h7-13H,14H2,1-6H3. The smallest absolute Gasteiger partial charge is 0.468 e. The topological polar surface area (TPSA) is 54.7 Å². The molecule has 4 rings (SSSR count). The summed E-state index contributed by atoms with van der Waals surface area (Å²) in [5.74, 6) is 0.689. The van der Waals surface area contributed by atoms with Gasteiger partial charge >= 0.3 is 7.12 Å². The lowest BCUT2D eigenvalue weighted by Crippen LogP contribution is -2.41. The molecule has 3 aromatic rings. The molecule has 7 heteroatoms. The Labute approximate surface area is 171 Å². The van der Waals surface area contributed by atoms with Gasteiger partial charge in [-0.1, -0.05) is 18.2 Å². The monoisotopic (exact) mass is 394 g/mol. The lowest BCUT2D eigenvalue weighted by Gasteiger charge is -2.32. The van der Waals surface area contributed by atoms with Crippen LogP contribution in [0, 0.1) is 0 Å². The van der Waals surface area contributed by atoms with Crippen molar-refractivity contribution >= 4 is 23.5 Å². The van der Waals surface area contributed by atoms with Crippen molar-refractivity contribution in [1.82, 2.24) is 9.78 Å². The molecule has 1 aromatic heterocycles. The van der Waals surface area contributed by atoms with Crippen LogP contribution in [-0.4, -0.2) is 42.0 Å². The highest BCUT2D eigenvalue weighted by Crippen LogP contribution is 2.37. The van der Waals surface area contributed by atoms with Crippen LogP contribution < -0.4 is 10.2 Å². The van der Waals surface area contributed by atoms with Crippen molar-refractivity contribution in [3.63, 3.8) is 0 Å². The number of aryl methyl sites for hydroxylation is 1. The number of benzene rings is 2. The van der Waals surface area contributed by atoms with Crippen LogP contribution >= 0.6 is 0 Å². The molecular weight excluding hydrogens is 367 g/mol. The molecule has 0 N–H and O–H groups in total. The van der Waals surface area contributed by atoms with E-state index in [-0.39, 0.29) is 6.79 Å². The van der Waals surface area contributed by atoms with Crippen LogP contribution in [0.3, 0.4) is 0 Å². The molecule has 0 radical (unpaired) electrons. The van der Waals surface area contributed by atoms with Crippen LogP contribution in [-0.2, 0) is 21.1 Å². The van der Waals surface area contributed by atoms with Gasteiger partial charge in [0.15, 0.2) is 6.79 Å². The highest BCUT2D eigenvalue weighted by atomic mass is 16.7. The lowest BCUT2D eigenvalue weighted by atomic mass is 9.77. The maximum Gasteiger partial charge on any atom is 0.498 e. The highest BCUT2D eigenvalue weighted by Gasteiger charge is 2.52. The van der Waals surface area contributed by atoms with Gasteiger partial charge in [0.1, 0.15) is 5.75 Å². The maximum absolute atomic E-state index is 6.22. The van der Waals surface area contributed by atoms with Crippen LogP contribution in [0.25, 0.3) is 22.0 Å². The molecule has 2 aromatic carbocycles. The molecule has 1 aliphatic rings. The molecule has 2 heterocycles. The van der Waals surface area contributed by atoms with Gasteiger partial charge in [0.25, 0.3) is 0 Å². The zero-order valence-electron chi connectivity index (χ0n) is 17.9. The molecule has 0 aliphatic carbocycles. The third-order valence-corrected chi connectivity index (χ3v) is 5.81. The molecule has 0 bridgehead atoms. The van der Waals surface area contributed by atoms with E-state index in [0.29, 0.717) is 5.75 Å². The summed E-state index contributed by atoms with van der Waals surface area (Å²) in [6.45, 7) is 8.32. The molecular formula is C22H27BN2O4. The molecule has 0 atom stereocenters. The third-order valence-electron chi connectivity index (χ3n) is 5.81. The second-order valence-electron chi connectivity index (χ2n) is 8.47. The van der Waals surface area contributed by atoms with Gasteiger partial charge in [-0.15, -0.1) is 0 Å². The normalized spacial score (nSPS) is 17.8. The summed E-state index contributed by atoms with van der Waals surface area (Å²) in [6.07, 6.45) is 2.01. The van der Waals surface area contributed by atoms with Crippen molar-refractivity contribution < 1.29 is 18.8 Å². The minimum atomic E-state index is -0.498. The van der Waals surface area contributed by atoms with E-state index in [1.807, 2.05) is 63.8 Å². The Bertz CT molecular complexity index is 1030. The average molecular weight is 394 g/mol. The Morgan fingerprint density at radius 2 is 1.66 bits per heavy atom. The Morgan fingerprint density at radius 3 is 2.34 bits per heavy atom. The van der Waals surface area contributed by atoms with E-state index >= 15 is 0 Å². The summed E-state index contributed by atoms with van der Waals surface area (Å²) < 4.78 is 25.3. The fourth-order valence-electron chi connectivity index (χ4n) is 3.45. The van der Waals surface area contributed by atoms with E-state index < -0.39 is 18.3 Å². The Kier molecular flexibility index (Phi) is 4.93. The van der Waals surface area contributed by atoms with E-state index in [1.54, 1.807) is 7.11 Å². The van der Waals surface area contributed by atoms with Gasteiger partial charge in [0, 0.05) is 31.2 Å². The summed E-state index contributed by atoms with van der Waals surface area (Å²) >= 11 is 0. The second kappa shape index (κ2) is 7.16. The molecule has 29 heavy (non-hydrogen) atoms. The predicted molar refractivity (Wildman–Crippen MR) is 114 cm³/mol. The molecule has 6 nitrogen and oxygen atoms in total. The number of hydrogen-bond donors (Lipinski definition) is 0. The summed E-state index contributed by atoms with van der Waals surface area (Å²) in [4.78, 5) is 0. The van der Waals surface area contributed by atoms with Crippen molar-refractivity contribution in [1.29, 1.82) is 0 Å². The molecule has 1 fully saturated rings. The Hall–Kier alpha value is -2.35. The summed E-state index contributed by atoms with van der Waals surface area (Å²) in [5.41, 5.74) is 3.13. The molecule has 0 saturated carbocycles. The van der Waals surface area contributed by atoms with Crippen molar-refractivity contribution in [2.75, 3.05) is 13.9 Å². The van der Waals surface area contributed by atoms with Gasteiger partial charge in [-0.25, -0.2) is 0 Å². The largest absolute Gasteiger partial charge is 0.498 e. The number of nitrogens with zero attached hydrogens (tertiary/aromatic N) is 2. The number of methoxy groups -OCH3 is 1. The summed E-state index contributed by atoms with van der Waals surface area (Å²) in [5, 5.41) is 5.54. The van der Waals surface area contributed by atoms with Crippen LogP contribution in [0.15, 0.2) is 42.6 Å². The molecule has 0 spiro atoms. The molecule has 1 aliphatic heterocycles. The van der Waals surface area contributed by atoms with Crippen molar-refractivity contribution in [3.05, 3.63) is 42.6 Å². The Morgan fingerprint density at radius 1 is 1.00 bits per heavy atom. The van der Waals surface area contributed by atoms with Crippen LogP contribution in [0.5, 0.6) is 5.75 Å². The average Bonchev–Trinajstić information content (AvgIpc) is 3.13. The number of hydrogen-bond acceptors (Lipinski definition) is 5. The van der Waals surface area contributed by atoms with E-state index in [1.165, 1.54) is 0 Å². The van der Waals surface area contributed by atoms with Crippen LogP contribution in [0.2, 0.25) is 0 Å². The second-order valence-corrected chi connectivity index (χ2v) is 8.47. The molecule has 0 unspecified atom stereocenters. The SMILES string of the molecule is COCOc1cc(-c2ccc3nn(C)cc3c2)ccc1B1OC(C)(C)C(C)(C)O1. The van der Waals surface area contributed by atoms with Gasteiger partial charge in [-0.05, 0) is 57.0 Å². The van der Waals surface area contributed by atoms with Gasteiger partial charge in [0.05, 0.1) is 16.7 Å². The zero-order chi connectivity index (χ0) is 20.8. The van der Waals surface area contributed by atoms with Crippen LogP contribution in [0.1, 0.15) is 27.7 Å². The highest BCUT2D eigenvalue weighted by molar-refractivity contribution is 6.63. The lowest BCUT2D eigenvalue weighted by molar-refractivity contribution is 0.00578. The van der Waals surface area contributed by atoms with Gasteiger partial charge < -0.3 is 18.8 Å². The van der Waals surface area contributed by atoms with Crippen LogP contribution in [0.4, 0.5) is 0 Å². The first-order chi connectivity index (χ1) is 13.7. The number of aromatic nitrogens is 2. The van der Waals surface area contributed by atoms with Crippen molar-refractivity contribution in [2.45, 2.75) is 38.9 Å².